The third kappa shape index (κ3) is 1.26. The quantitative estimate of drug-likeness (QED) is 0.559. The van der Waals surface area contributed by atoms with Gasteiger partial charge in [0, 0.05) is 6.04 Å². The van der Waals surface area contributed by atoms with Crippen LogP contribution in [0.1, 0.15) is 33.1 Å². The monoisotopic (exact) mass is 152 g/mol. The lowest BCUT2D eigenvalue weighted by Crippen LogP contribution is -2.38. The summed E-state index contributed by atoms with van der Waals surface area (Å²) in [6, 6.07) is 1.27. The van der Waals surface area contributed by atoms with Gasteiger partial charge in [0.25, 0.3) is 0 Å². The van der Waals surface area contributed by atoms with Gasteiger partial charge in [-0.3, -0.25) is 4.99 Å². The predicted molar refractivity (Wildman–Crippen MR) is 46.8 cm³/mol. The Hall–Kier alpha value is -0.530. The van der Waals surface area contributed by atoms with Gasteiger partial charge in [-0.25, -0.2) is 0 Å². The lowest BCUT2D eigenvalue weighted by atomic mass is 9.84. The largest absolute Gasteiger partial charge is 0.369 e. The Kier molecular flexibility index (Phi) is 1.63. The number of hydrogen-bond donors (Lipinski definition) is 1. The number of nitrogens with one attached hydrogen (secondary N) is 1. The van der Waals surface area contributed by atoms with Crippen molar-refractivity contribution in [2.45, 2.75) is 45.2 Å². The summed E-state index contributed by atoms with van der Waals surface area (Å²) in [5.74, 6) is 2.04. The van der Waals surface area contributed by atoms with Crippen LogP contribution < -0.4 is 5.32 Å². The Balaban J connectivity index is 2.03. The van der Waals surface area contributed by atoms with E-state index < -0.39 is 0 Å². The molecule has 1 N–H and O–H groups in total. The standard InChI is InChI=1S/C9H16N2/c1-6-3-4-8-9(5-6)11-7(2)10-8/h6,8-9H,3-5H2,1-2H3,(H,10,11). The van der Waals surface area contributed by atoms with Crippen molar-refractivity contribution in [1.29, 1.82) is 0 Å². The van der Waals surface area contributed by atoms with Crippen molar-refractivity contribution in [3.63, 3.8) is 0 Å². The molecule has 0 spiro atoms. The highest BCUT2D eigenvalue weighted by Crippen LogP contribution is 2.28. The molecule has 1 aliphatic heterocycles. The van der Waals surface area contributed by atoms with Crippen molar-refractivity contribution in [3.05, 3.63) is 0 Å². The van der Waals surface area contributed by atoms with E-state index in [1.165, 1.54) is 19.3 Å². The summed E-state index contributed by atoms with van der Waals surface area (Å²) >= 11 is 0. The summed E-state index contributed by atoms with van der Waals surface area (Å²) in [5.41, 5.74) is 0. The van der Waals surface area contributed by atoms with Crippen LogP contribution in [0.15, 0.2) is 4.99 Å². The van der Waals surface area contributed by atoms with Gasteiger partial charge < -0.3 is 5.32 Å². The molecule has 11 heavy (non-hydrogen) atoms. The summed E-state index contributed by atoms with van der Waals surface area (Å²) in [6.07, 6.45) is 3.96. The summed E-state index contributed by atoms with van der Waals surface area (Å²) in [7, 11) is 0. The molecule has 2 heteroatoms. The third-order valence-electron chi connectivity index (χ3n) is 2.83. The Morgan fingerprint density at radius 2 is 2.27 bits per heavy atom. The van der Waals surface area contributed by atoms with Gasteiger partial charge in [0.1, 0.15) is 0 Å². The normalized spacial score (nSPS) is 42.7. The number of amidine groups is 1. The number of hydrogen-bond acceptors (Lipinski definition) is 2. The molecule has 2 nitrogen and oxygen atoms in total. The lowest BCUT2D eigenvalue weighted by Gasteiger charge is -2.28. The second-order valence-electron chi connectivity index (χ2n) is 3.95. The zero-order valence-corrected chi connectivity index (χ0v) is 7.30. The maximum Gasteiger partial charge on any atom is 0.0938 e. The van der Waals surface area contributed by atoms with Gasteiger partial charge in [0.05, 0.1) is 11.9 Å². The fraction of sp³-hybridized carbons (Fsp3) is 0.889. The van der Waals surface area contributed by atoms with Crippen molar-refractivity contribution < 1.29 is 0 Å². The summed E-state index contributed by atoms with van der Waals surface area (Å²) in [4.78, 5) is 4.55. The molecule has 0 bridgehead atoms. The smallest absolute Gasteiger partial charge is 0.0938 e. The summed E-state index contributed by atoms with van der Waals surface area (Å²) in [5, 5.41) is 3.44. The Labute approximate surface area is 68.1 Å². The first-order valence-electron chi connectivity index (χ1n) is 4.56. The molecule has 0 saturated heterocycles. The average molecular weight is 152 g/mol. The Morgan fingerprint density at radius 3 is 3.09 bits per heavy atom. The minimum absolute atomic E-state index is 0.603. The van der Waals surface area contributed by atoms with Crippen molar-refractivity contribution in [1.82, 2.24) is 5.32 Å². The zero-order valence-electron chi connectivity index (χ0n) is 7.30. The first kappa shape index (κ1) is 7.14. The molecule has 0 aromatic heterocycles. The van der Waals surface area contributed by atoms with Gasteiger partial charge in [0.2, 0.25) is 0 Å². The Morgan fingerprint density at radius 1 is 1.45 bits per heavy atom. The van der Waals surface area contributed by atoms with Crippen LogP contribution in [0, 0.1) is 5.92 Å². The van der Waals surface area contributed by atoms with E-state index in [1.54, 1.807) is 0 Å². The lowest BCUT2D eigenvalue weighted by molar-refractivity contribution is 0.306. The molecule has 0 amide bonds. The predicted octanol–water partition coefficient (Wildman–Crippen LogP) is 1.57. The van der Waals surface area contributed by atoms with E-state index in [2.05, 4.69) is 24.2 Å². The van der Waals surface area contributed by atoms with Crippen LogP contribution in [-0.2, 0) is 0 Å². The number of rotatable bonds is 0. The van der Waals surface area contributed by atoms with Gasteiger partial charge in [0.15, 0.2) is 0 Å². The van der Waals surface area contributed by atoms with E-state index in [-0.39, 0.29) is 0 Å². The molecule has 62 valence electrons. The van der Waals surface area contributed by atoms with Gasteiger partial charge in [-0.15, -0.1) is 0 Å². The van der Waals surface area contributed by atoms with E-state index in [0.717, 1.165) is 11.8 Å². The van der Waals surface area contributed by atoms with Crippen molar-refractivity contribution >= 4 is 5.84 Å². The van der Waals surface area contributed by atoms with Crippen LogP contribution in [0.3, 0.4) is 0 Å². The molecule has 2 aliphatic rings. The first-order chi connectivity index (χ1) is 5.25. The molecule has 3 unspecified atom stereocenters. The molecule has 0 aromatic carbocycles. The highest BCUT2D eigenvalue weighted by molar-refractivity contribution is 5.81. The molecule has 1 heterocycles. The minimum Gasteiger partial charge on any atom is -0.369 e. The zero-order chi connectivity index (χ0) is 7.84. The summed E-state index contributed by atoms with van der Waals surface area (Å²) in [6.45, 7) is 4.41. The molecule has 0 radical (unpaired) electrons. The second kappa shape index (κ2) is 2.50. The minimum atomic E-state index is 0.603. The van der Waals surface area contributed by atoms with Crippen molar-refractivity contribution in [3.8, 4) is 0 Å². The SMILES string of the molecule is CC1=NC2CCC(C)CC2N1. The van der Waals surface area contributed by atoms with Crippen LogP contribution >= 0.6 is 0 Å². The van der Waals surface area contributed by atoms with Gasteiger partial charge in [-0.2, -0.15) is 0 Å². The number of aliphatic imine (C=N–C) groups is 1. The molecule has 2 rings (SSSR count). The maximum atomic E-state index is 4.55. The fourth-order valence-electron chi connectivity index (χ4n) is 2.23. The van der Waals surface area contributed by atoms with Crippen LogP contribution in [0.4, 0.5) is 0 Å². The van der Waals surface area contributed by atoms with Gasteiger partial charge in [-0.05, 0) is 32.1 Å². The van der Waals surface area contributed by atoms with E-state index >= 15 is 0 Å². The van der Waals surface area contributed by atoms with Crippen LogP contribution in [0.25, 0.3) is 0 Å². The van der Waals surface area contributed by atoms with Crippen molar-refractivity contribution in [2.24, 2.45) is 10.9 Å². The number of fused-ring (bicyclic) bond motifs is 1. The highest BCUT2D eigenvalue weighted by Gasteiger charge is 2.31. The van der Waals surface area contributed by atoms with Gasteiger partial charge in [-0.1, -0.05) is 6.92 Å². The van der Waals surface area contributed by atoms with E-state index in [0.29, 0.717) is 12.1 Å². The average Bonchev–Trinajstić information content (AvgIpc) is 2.27. The van der Waals surface area contributed by atoms with E-state index in [9.17, 15) is 0 Å². The van der Waals surface area contributed by atoms with Crippen LogP contribution in [0.5, 0.6) is 0 Å². The molecular weight excluding hydrogens is 136 g/mol. The molecule has 0 aromatic rings. The van der Waals surface area contributed by atoms with E-state index in [4.69, 9.17) is 0 Å². The van der Waals surface area contributed by atoms with E-state index in [1.807, 2.05) is 0 Å². The number of nitrogens with zero attached hydrogens (tertiary/aromatic N) is 1. The molecule has 1 saturated carbocycles. The van der Waals surface area contributed by atoms with Crippen LogP contribution in [-0.4, -0.2) is 17.9 Å². The first-order valence-corrected chi connectivity index (χ1v) is 4.56. The molecular formula is C9H16N2. The topological polar surface area (TPSA) is 24.4 Å². The van der Waals surface area contributed by atoms with Crippen LogP contribution in [0.2, 0.25) is 0 Å². The van der Waals surface area contributed by atoms with Gasteiger partial charge >= 0.3 is 0 Å². The molecule has 3 atom stereocenters. The molecule has 1 aliphatic carbocycles. The highest BCUT2D eigenvalue weighted by atomic mass is 15.1. The maximum absolute atomic E-state index is 4.55. The third-order valence-corrected chi connectivity index (χ3v) is 2.83. The summed E-state index contributed by atoms with van der Waals surface area (Å²) < 4.78 is 0. The Bertz CT molecular complexity index is 186. The molecule has 1 fully saturated rings. The van der Waals surface area contributed by atoms with Crippen molar-refractivity contribution in [2.75, 3.05) is 0 Å². The second-order valence-corrected chi connectivity index (χ2v) is 3.95. The fourth-order valence-corrected chi connectivity index (χ4v) is 2.23.